The van der Waals surface area contributed by atoms with Crippen LogP contribution < -0.4 is 5.56 Å². The lowest BCUT2D eigenvalue weighted by Crippen LogP contribution is -2.29. The highest BCUT2D eigenvalue weighted by atomic mass is 32.1. The third-order valence-electron chi connectivity index (χ3n) is 4.31. The largest absolute Gasteiger partial charge is 0.323 e. The molecular weight excluding hydrogens is 276 g/mol. The molecule has 1 N–H and O–H groups in total. The lowest BCUT2D eigenvalue weighted by Gasteiger charge is -2.29. The average molecular weight is 294 g/mol. The van der Waals surface area contributed by atoms with Crippen LogP contribution in [0.1, 0.15) is 32.6 Å². The Morgan fingerprint density at radius 2 is 2.26 bits per heavy atom. The topological polar surface area (TPSA) is 37.8 Å². The maximum Gasteiger partial charge on any atom is 0.263 e. The van der Waals surface area contributed by atoms with Gasteiger partial charge in [-0.15, -0.1) is 11.3 Å². The average Bonchev–Trinajstić information content (AvgIpc) is 2.84. The third-order valence-corrected chi connectivity index (χ3v) is 5.46. The molecule has 1 aliphatic rings. The van der Waals surface area contributed by atoms with Crippen molar-refractivity contribution < 1.29 is 0 Å². The number of aromatic amines is 1. The minimum Gasteiger partial charge on any atom is -0.323 e. The van der Waals surface area contributed by atoms with Crippen LogP contribution in [0.15, 0.2) is 16.2 Å². The molecule has 2 atom stereocenters. The van der Waals surface area contributed by atoms with Crippen LogP contribution in [0.3, 0.4) is 0 Å². The van der Waals surface area contributed by atoms with E-state index in [4.69, 9.17) is 12.2 Å². The first-order valence-corrected chi connectivity index (χ1v) is 8.16. The number of hydrogen-bond acceptors (Lipinski definition) is 3. The standard InChI is InChI=1S/C14H18N2OS2/c1-9-4-2-3-5-10(9)8-16-13(17)11-6-7-19-12(11)15-14(16)18/h6-7,9-10H,2-5,8H2,1H3,(H,15,18). The zero-order valence-electron chi connectivity index (χ0n) is 11.0. The molecule has 2 aromatic rings. The zero-order chi connectivity index (χ0) is 13.4. The number of thiophene rings is 1. The van der Waals surface area contributed by atoms with Gasteiger partial charge < -0.3 is 4.98 Å². The Kier molecular flexibility index (Phi) is 3.58. The summed E-state index contributed by atoms with van der Waals surface area (Å²) in [5.74, 6) is 1.27. The third kappa shape index (κ3) is 2.41. The van der Waals surface area contributed by atoms with Gasteiger partial charge in [0.25, 0.3) is 5.56 Å². The fraction of sp³-hybridized carbons (Fsp3) is 0.571. The molecule has 0 bridgehead atoms. The normalized spacial score (nSPS) is 23.8. The first-order chi connectivity index (χ1) is 9.16. The maximum absolute atomic E-state index is 12.5. The Morgan fingerprint density at radius 3 is 3.05 bits per heavy atom. The van der Waals surface area contributed by atoms with Crippen molar-refractivity contribution >= 4 is 33.8 Å². The Bertz CT molecular complexity index is 697. The van der Waals surface area contributed by atoms with E-state index in [1.807, 2.05) is 11.4 Å². The number of rotatable bonds is 2. The molecule has 0 aliphatic heterocycles. The van der Waals surface area contributed by atoms with Crippen LogP contribution in [0.4, 0.5) is 0 Å². The van der Waals surface area contributed by atoms with Crippen LogP contribution in [0.25, 0.3) is 10.2 Å². The molecule has 1 aliphatic carbocycles. The van der Waals surface area contributed by atoms with E-state index in [0.29, 0.717) is 16.6 Å². The van der Waals surface area contributed by atoms with E-state index in [2.05, 4.69) is 11.9 Å². The van der Waals surface area contributed by atoms with Crippen molar-refractivity contribution in [1.82, 2.24) is 9.55 Å². The molecule has 5 heteroatoms. The second-order valence-electron chi connectivity index (χ2n) is 5.53. The predicted molar refractivity (Wildman–Crippen MR) is 82.4 cm³/mol. The van der Waals surface area contributed by atoms with E-state index in [1.165, 1.54) is 37.0 Å². The summed E-state index contributed by atoms with van der Waals surface area (Å²) in [6.07, 6.45) is 5.09. The molecule has 0 radical (unpaired) electrons. The molecule has 2 aromatic heterocycles. The van der Waals surface area contributed by atoms with Crippen molar-refractivity contribution in [3.05, 3.63) is 26.6 Å². The molecule has 3 nitrogen and oxygen atoms in total. The minimum atomic E-state index is 0.0674. The molecule has 19 heavy (non-hydrogen) atoms. The smallest absolute Gasteiger partial charge is 0.263 e. The van der Waals surface area contributed by atoms with Gasteiger partial charge in [-0.25, -0.2) is 0 Å². The van der Waals surface area contributed by atoms with Gasteiger partial charge in [-0.2, -0.15) is 0 Å². The number of nitrogens with one attached hydrogen (secondary N) is 1. The van der Waals surface area contributed by atoms with E-state index in [9.17, 15) is 4.79 Å². The van der Waals surface area contributed by atoms with Crippen LogP contribution in [0, 0.1) is 16.6 Å². The molecule has 1 fully saturated rings. The van der Waals surface area contributed by atoms with Gasteiger partial charge in [-0.1, -0.05) is 26.2 Å². The zero-order valence-corrected chi connectivity index (χ0v) is 12.6. The van der Waals surface area contributed by atoms with E-state index in [0.717, 1.165) is 16.8 Å². The number of hydrogen-bond donors (Lipinski definition) is 1. The number of H-pyrrole nitrogens is 1. The van der Waals surface area contributed by atoms with Gasteiger partial charge in [0.1, 0.15) is 4.83 Å². The van der Waals surface area contributed by atoms with Gasteiger partial charge >= 0.3 is 0 Å². The summed E-state index contributed by atoms with van der Waals surface area (Å²) in [5, 5.41) is 2.70. The van der Waals surface area contributed by atoms with Crippen LogP contribution in [0.2, 0.25) is 0 Å². The fourth-order valence-electron chi connectivity index (χ4n) is 3.04. The summed E-state index contributed by atoms with van der Waals surface area (Å²) >= 11 is 6.89. The maximum atomic E-state index is 12.5. The highest BCUT2D eigenvalue weighted by molar-refractivity contribution is 7.71. The van der Waals surface area contributed by atoms with Gasteiger partial charge in [0.2, 0.25) is 0 Å². The molecule has 1 saturated carbocycles. The number of fused-ring (bicyclic) bond motifs is 1. The molecule has 102 valence electrons. The summed E-state index contributed by atoms with van der Waals surface area (Å²) in [6.45, 7) is 3.06. The van der Waals surface area contributed by atoms with Gasteiger partial charge in [0.05, 0.1) is 5.39 Å². The summed E-state index contributed by atoms with van der Waals surface area (Å²) in [5.41, 5.74) is 0.0674. The van der Waals surface area contributed by atoms with Crippen molar-refractivity contribution in [3.8, 4) is 0 Å². The lowest BCUT2D eigenvalue weighted by molar-refractivity contribution is 0.225. The minimum absolute atomic E-state index is 0.0674. The van der Waals surface area contributed by atoms with Crippen molar-refractivity contribution in [2.75, 3.05) is 0 Å². The Morgan fingerprint density at radius 1 is 1.47 bits per heavy atom. The molecule has 2 heterocycles. The van der Waals surface area contributed by atoms with Crippen LogP contribution >= 0.6 is 23.6 Å². The van der Waals surface area contributed by atoms with Crippen molar-refractivity contribution in [3.63, 3.8) is 0 Å². The number of aromatic nitrogens is 2. The molecular formula is C14H18N2OS2. The van der Waals surface area contributed by atoms with E-state index >= 15 is 0 Å². The first-order valence-electron chi connectivity index (χ1n) is 6.87. The summed E-state index contributed by atoms with van der Waals surface area (Å²) in [6, 6.07) is 1.88. The van der Waals surface area contributed by atoms with Gasteiger partial charge in [0.15, 0.2) is 4.77 Å². The van der Waals surface area contributed by atoms with Crippen molar-refractivity contribution in [2.45, 2.75) is 39.2 Å². The van der Waals surface area contributed by atoms with Gasteiger partial charge in [-0.3, -0.25) is 9.36 Å². The second kappa shape index (κ2) is 5.21. The Hall–Kier alpha value is -0.940. The Balaban J connectivity index is 2.00. The molecule has 3 rings (SSSR count). The van der Waals surface area contributed by atoms with Crippen LogP contribution in [0.5, 0.6) is 0 Å². The van der Waals surface area contributed by atoms with Crippen LogP contribution in [-0.2, 0) is 6.54 Å². The number of nitrogens with zero attached hydrogens (tertiary/aromatic N) is 1. The first kappa shape index (κ1) is 13.1. The molecule has 0 saturated heterocycles. The van der Waals surface area contributed by atoms with E-state index in [-0.39, 0.29) is 5.56 Å². The highest BCUT2D eigenvalue weighted by Gasteiger charge is 2.22. The van der Waals surface area contributed by atoms with Gasteiger partial charge in [-0.05, 0) is 41.9 Å². The summed E-state index contributed by atoms with van der Waals surface area (Å²) in [7, 11) is 0. The molecule has 0 amide bonds. The van der Waals surface area contributed by atoms with Gasteiger partial charge in [0, 0.05) is 6.54 Å². The van der Waals surface area contributed by atoms with E-state index in [1.54, 1.807) is 4.57 Å². The summed E-state index contributed by atoms with van der Waals surface area (Å²) in [4.78, 5) is 16.5. The molecule has 0 aromatic carbocycles. The van der Waals surface area contributed by atoms with Crippen molar-refractivity contribution in [2.24, 2.45) is 11.8 Å². The quantitative estimate of drug-likeness (QED) is 0.852. The van der Waals surface area contributed by atoms with Crippen LogP contribution in [-0.4, -0.2) is 9.55 Å². The molecule has 0 spiro atoms. The fourth-order valence-corrected chi connectivity index (χ4v) is 4.14. The highest BCUT2D eigenvalue weighted by Crippen LogP contribution is 2.30. The molecule has 2 unspecified atom stereocenters. The van der Waals surface area contributed by atoms with Crippen molar-refractivity contribution in [1.29, 1.82) is 0 Å². The monoisotopic (exact) mass is 294 g/mol. The predicted octanol–water partition coefficient (Wildman–Crippen LogP) is 3.95. The lowest BCUT2D eigenvalue weighted by atomic mass is 9.80. The summed E-state index contributed by atoms with van der Waals surface area (Å²) < 4.78 is 2.33. The van der Waals surface area contributed by atoms with E-state index < -0.39 is 0 Å². The SMILES string of the molecule is CC1CCCCC1Cn1c(=S)[nH]c2sccc2c1=O. The Labute approximate surface area is 121 Å². The second-order valence-corrected chi connectivity index (χ2v) is 6.83.